The number of ether oxygens (including phenoxy) is 2. The smallest absolute Gasteiger partial charge is 0.250 e. The van der Waals surface area contributed by atoms with E-state index in [2.05, 4.69) is 10.3 Å². The predicted octanol–water partition coefficient (Wildman–Crippen LogP) is 1.96. The Morgan fingerprint density at radius 3 is 2.59 bits per heavy atom. The number of amides is 1. The lowest BCUT2D eigenvalue weighted by molar-refractivity contribution is 0.100. The van der Waals surface area contributed by atoms with Gasteiger partial charge < -0.3 is 31.4 Å². The number of benzene rings is 2. The van der Waals surface area contributed by atoms with Gasteiger partial charge in [0.25, 0.3) is 5.91 Å². The topological polar surface area (TPSA) is 133 Å². The molecule has 29 heavy (non-hydrogen) atoms. The molecule has 6 N–H and O–H groups in total. The van der Waals surface area contributed by atoms with Crippen molar-refractivity contribution in [1.82, 2.24) is 4.98 Å². The third-order valence-corrected chi connectivity index (χ3v) is 4.78. The van der Waals surface area contributed by atoms with Crippen LogP contribution in [0.4, 0.5) is 5.69 Å². The second-order valence-corrected chi connectivity index (χ2v) is 6.43. The van der Waals surface area contributed by atoms with E-state index >= 15 is 0 Å². The van der Waals surface area contributed by atoms with Gasteiger partial charge in [0.05, 0.1) is 43.6 Å². The van der Waals surface area contributed by atoms with Gasteiger partial charge in [-0.25, -0.2) is 0 Å². The van der Waals surface area contributed by atoms with E-state index in [4.69, 9.17) is 20.9 Å². The van der Waals surface area contributed by atoms with Gasteiger partial charge in [-0.1, -0.05) is 18.2 Å². The maximum atomic E-state index is 11.8. The number of carbonyl (C=O) groups excluding carboxylic acids is 1. The average molecular weight is 396 g/mol. The number of carbonyl (C=O) groups is 1. The molecule has 2 aromatic carbocycles. The minimum atomic E-state index is -0.568. The van der Waals surface area contributed by atoms with Crippen LogP contribution in [-0.4, -0.2) is 36.8 Å². The van der Waals surface area contributed by atoms with Gasteiger partial charge in [0.1, 0.15) is 0 Å². The Labute approximate surface area is 168 Å². The van der Waals surface area contributed by atoms with Crippen LogP contribution in [0, 0.1) is 0 Å². The highest BCUT2D eigenvalue weighted by molar-refractivity contribution is 6.08. The summed E-state index contributed by atoms with van der Waals surface area (Å²) in [5, 5.41) is 13.9. The molecule has 0 saturated carbocycles. The first-order chi connectivity index (χ1) is 14.0. The second kappa shape index (κ2) is 8.76. The molecule has 0 radical (unpaired) electrons. The summed E-state index contributed by atoms with van der Waals surface area (Å²) in [5.74, 6) is 0.632. The zero-order valence-electron chi connectivity index (χ0n) is 16.3. The van der Waals surface area contributed by atoms with Crippen LogP contribution in [0.5, 0.6) is 11.5 Å². The molecule has 0 unspecified atom stereocenters. The van der Waals surface area contributed by atoms with Gasteiger partial charge in [-0.2, -0.15) is 0 Å². The lowest BCUT2D eigenvalue weighted by Gasteiger charge is -2.23. The van der Waals surface area contributed by atoms with E-state index in [1.54, 1.807) is 32.4 Å². The number of anilines is 1. The van der Waals surface area contributed by atoms with Crippen LogP contribution in [0.1, 0.15) is 27.5 Å². The molecular weight excluding hydrogens is 372 g/mol. The minimum absolute atomic E-state index is 0.227. The zero-order valence-corrected chi connectivity index (χ0v) is 16.3. The van der Waals surface area contributed by atoms with E-state index in [9.17, 15) is 9.90 Å². The van der Waals surface area contributed by atoms with E-state index in [0.29, 0.717) is 39.2 Å². The van der Waals surface area contributed by atoms with E-state index in [0.717, 1.165) is 5.56 Å². The molecule has 1 aromatic heterocycles. The average Bonchev–Trinajstić information content (AvgIpc) is 2.76. The molecule has 0 bridgehead atoms. The van der Waals surface area contributed by atoms with Crippen molar-refractivity contribution < 1.29 is 19.4 Å². The van der Waals surface area contributed by atoms with Gasteiger partial charge in [0, 0.05) is 23.7 Å². The molecule has 3 aromatic rings. The number of hydrogen-bond acceptors (Lipinski definition) is 7. The van der Waals surface area contributed by atoms with Gasteiger partial charge in [0.2, 0.25) is 0 Å². The SMILES string of the molecule is COc1ccc([C@@H](CN)Nc2c(CO)cnc3c(C(N)=O)cccc23)cc1OC. The number of aliphatic hydroxyl groups excluding tert-OH is 1. The summed E-state index contributed by atoms with van der Waals surface area (Å²) in [6.07, 6.45) is 1.53. The molecule has 8 heteroatoms. The number of hydrogen-bond donors (Lipinski definition) is 4. The van der Waals surface area contributed by atoms with Crippen molar-refractivity contribution in [3.8, 4) is 11.5 Å². The fourth-order valence-electron chi connectivity index (χ4n) is 3.28. The molecule has 0 saturated heterocycles. The fourth-order valence-corrected chi connectivity index (χ4v) is 3.28. The summed E-state index contributed by atoms with van der Waals surface area (Å²) in [6.45, 7) is 0.0506. The Bertz CT molecular complexity index is 1040. The molecule has 0 aliphatic heterocycles. The van der Waals surface area contributed by atoms with Crippen molar-refractivity contribution >= 4 is 22.5 Å². The summed E-state index contributed by atoms with van der Waals surface area (Å²) in [5.41, 5.74) is 14.4. The molecule has 1 amide bonds. The summed E-state index contributed by atoms with van der Waals surface area (Å²) >= 11 is 0. The number of methoxy groups -OCH3 is 2. The van der Waals surface area contributed by atoms with Gasteiger partial charge in [-0.15, -0.1) is 0 Å². The Morgan fingerprint density at radius 1 is 1.21 bits per heavy atom. The van der Waals surface area contributed by atoms with E-state index in [-0.39, 0.29) is 19.2 Å². The molecule has 1 heterocycles. The van der Waals surface area contributed by atoms with Gasteiger partial charge >= 0.3 is 0 Å². The highest BCUT2D eigenvalue weighted by Gasteiger charge is 2.18. The van der Waals surface area contributed by atoms with E-state index in [1.165, 1.54) is 6.20 Å². The number of primary amides is 1. The number of nitrogens with two attached hydrogens (primary N) is 2. The van der Waals surface area contributed by atoms with Gasteiger partial charge in [-0.3, -0.25) is 9.78 Å². The first-order valence-electron chi connectivity index (χ1n) is 9.03. The van der Waals surface area contributed by atoms with Crippen LogP contribution in [0.3, 0.4) is 0 Å². The van der Waals surface area contributed by atoms with Crippen molar-refractivity contribution in [2.45, 2.75) is 12.6 Å². The van der Waals surface area contributed by atoms with Gasteiger partial charge in [0.15, 0.2) is 11.5 Å². The van der Waals surface area contributed by atoms with Crippen LogP contribution in [0.15, 0.2) is 42.6 Å². The molecule has 0 fully saturated rings. The van der Waals surface area contributed by atoms with E-state index in [1.807, 2.05) is 18.2 Å². The maximum Gasteiger partial charge on any atom is 0.250 e. The summed E-state index contributed by atoms with van der Waals surface area (Å²) < 4.78 is 10.7. The minimum Gasteiger partial charge on any atom is -0.493 e. The van der Waals surface area contributed by atoms with Crippen molar-refractivity contribution in [2.75, 3.05) is 26.1 Å². The normalized spacial score (nSPS) is 11.9. The van der Waals surface area contributed by atoms with Crippen molar-refractivity contribution in [1.29, 1.82) is 0 Å². The molecule has 1 atom stereocenters. The molecular formula is C21H24N4O4. The Kier molecular flexibility index (Phi) is 6.16. The Hall–Kier alpha value is -3.36. The summed E-state index contributed by atoms with van der Waals surface area (Å²) in [6, 6.07) is 10.4. The maximum absolute atomic E-state index is 11.8. The highest BCUT2D eigenvalue weighted by Crippen LogP contribution is 2.34. The third kappa shape index (κ3) is 3.94. The third-order valence-electron chi connectivity index (χ3n) is 4.78. The van der Waals surface area contributed by atoms with Crippen molar-refractivity contribution in [3.05, 3.63) is 59.3 Å². The molecule has 0 aliphatic carbocycles. The Morgan fingerprint density at radius 2 is 1.97 bits per heavy atom. The van der Waals surface area contributed by atoms with Crippen LogP contribution >= 0.6 is 0 Å². The summed E-state index contributed by atoms with van der Waals surface area (Å²) in [4.78, 5) is 16.1. The first kappa shape index (κ1) is 20.4. The summed E-state index contributed by atoms with van der Waals surface area (Å²) in [7, 11) is 3.14. The Balaban J connectivity index is 2.10. The molecule has 152 valence electrons. The standard InChI is InChI=1S/C21H24N4O4/c1-28-17-7-6-12(8-18(17)29-2)16(9-22)25-19-13(11-26)10-24-20-14(19)4-3-5-15(20)21(23)27/h3-8,10,16,26H,9,11,22H2,1-2H3,(H2,23,27)(H,24,25)/t16-/m1/s1. The molecule has 0 spiro atoms. The predicted molar refractivity (Wildman–Crippen MR) is 111 cm³/mol. The number of nitrogens with zero attached hydrogens (tertiary/aromatic N) is 1. The number of pyridine rings is 1. The lowest BCUT2D eigenvalue weighted by Crippen LogP contribution is -2.22. The van der Waals surface area contributed by atoms with Crippen molar-refractivity contribution in [3.63, 3.8) is 0 Å². The highest BCUT2D eigenvalue weighted by atomic mass is 16.5. The number of para-hydroxylation sites is 1. The number of aromatic nitrogens is 1. The fraction of sp³-hybridized carbons (Fsp3) is 0.238. The van der Waals surface area contributed by atoms with Crippen LogP contribution in [0.25, 0.3) is 10.9 Å². The van der Waals surface area contributed by atoms with Crippen molar-refractivity contribution in [2.24, 2.45) is 11.5 Å². The first-order valence-corrected chi connectivity index (χ1v) is 9.03. The molecule has 0 aliphatic rings. The quantitative estimate of drug-likeness (QED) is 0.457. The molecule has 8 nitrogen and oxygen atoms in total. The van der Waals surface area contributed by atoms with Crippen LogP contribution in [0.2, 0.25) is 0 Å². The van der Waals surface area contributed by atoms with Gasteiger partial charge in [-0.05, 0) is 23.8 Å². The number of aliphatic hydroxyl groups is 1. The number of fused-ring (bicyclic) bond motifs is 1. The zero-order chi connectivity index (χ0) is 21.0. The van der Waals surface area contributed by atoms with E-state index < -0.39 is 5.91 Å². The van der Waals surface area contributed by atoms with Crippen LogP contribution < -0.4 is 26.3 Å². The molecule has 3 rings (SSSR count). The number of nitrogens with one attached hydrogen (secondary N) is 1. The van der Waals surface area contributed by atoms with Crippen LogP contribution in [-0.2, 0) is 6.61 Å². The lowest BCUT2D eigenvalue weighted by atomic mass is 10.0. The monoisotopic (exact) mass is 396 g/mol. The largest absolute Gasteiger partial charge is 0.493 e. The number of rotatable bonds is 8. The second-order valence-electron chi connectivity index (χ2n) is 6.43.